The highest BCUT2D eigenvalue weighted by atomic mass is 19.1. The average Bonchev–Trinajstić information content (AvgIpc) is 3.25. The third-order valence-electron chi connectivity index (χ3n) is 6.12. The molecule has 6 nitrogen and oxygen atoms in total. The number of amides is 2. The van der Waals surface area contributed by atoms with Gasteiger partial charge in [0.05, 0.1) is 29.6 Å². The quantitative estimate of drug-likeness (QED) is 0.421. The molecule has 0 aliphatic heterocycles. The van der Waals surface area contributed by atoms with Gasteiger partial charge < -0.3 is 15.8 Å². The van der Waals surface area contributed by atoms with E-state index in [0.29, 0.717) is 22.9 Å². The minimum atomic E-state index is -0.705. The van der Waals surface area contributed by atoms with Crippen molar-refractivity contribution in [1.82, 2.24) is 4.98 Å². The molecular weight excluding hydrogens is 445 g/mol. The largest absolute Gasteiger partial charge is 0.497 e. The van der Waals surface area contributed by atoms with Crippen molar-refractivity contribution in [3.05, 3.63) is 100 Å². The number of halogens is 1. The van der Waals surface area contributed by atoms with E-state index in [0.717, 1.165) is 40.6 Å². The fraction of sp³-hybridized carbons (Fsp3) is 0.107. The second kappa shape index (κ2) is 9.02. The van der Waals surface area contributed by atoms with Crippen molar-refractivity contribution in [1.29, 1.82) is 0 Å². The molecule has 0 unspecified atom stereocenters. The summed E-state index contributed by atoms with van der Waals surface area (Å²) in [5, 5.41) is 3.32. The first-order valence-corrected chi connectivity index (χ1v) is 11.1. The Bertz CT molecular complexity index is 1510. The Hall–Kier alpha value is -4.52. The lowest BCUT2D eigenvalue weighted by atomic mass is 9.99. The van der Waals surface area contributed by atoms with Crippen LogP contribution >= 0.6 is 0 Å². The van der Waals surface area contributed by atoms with Crippen LogP contribution in [0.15, 0.2) is 66.7 Å². The van der Waals surface area contributed by atoms with Crippen LogP contribution in [0.3, 0.4) is 0 Å². The monoisotopic (exact) mass is 467 g/mol. The molecule has 4 aromatic rings. The molecule has 3 aromatic carbocycles. The molecule has 1 aromatic heterocycles. The van der Waals surface area contributed by atoms with Gasteiger partial charge in [-0.2, -0.15) is 0 Å². The summed E-state index contributed by atoms with van der Waals surface area (Å²) in [5.41, 5.74) is 10.0. The zero-order valence-corrected chi connectivity index (χ0v) is 19.0. The van der Waals surface area contributed by atoms with E-state index < -0.39 is 17.6 Å². The Labute approximate surface area is 201 Å². The number of fused-ring (bicyclic) bond motifs is 2. The molecule has 174 valence electrons. The summed E-state index contributed by atoms with van der Waals surface area (Å²) in [6.45, 7) is 0. The molecule has 0 saturated heterocycles. The highest BCUT2D eigenvalue weighted by Crippen LogP contribution is 2.38. The van der Waals surface area contributed by atoms with Crippen molar-refractivity contribution in [2.24, 2.45) is 5.73 Å². The van der Waals surface area contributed by atoms with Gasteiger partial charge in [0.25, 0.3) is 5.91 Å². The zero-order valence-electron chi connectivity index (χ0n) is 19.0. The third kappa shape index (κ3) is 4.24. The summed E-state index contributed by atoms with van der Waals surface area (Å²) in [7, 11) is 1.62. The van der Waals surface area contributed by atoms with Gasteiger partial charge in [-0.3, -0.25) is 9.59 Å². The normalized spacial score (nSPS) is 13.6. The number of allylic oxidation sites excluding steroid dienone is 1. The number of carbonyl (C=O) groups excluding carboxylic acids is 2. The second-order valence-corrected chi connectivity index (χ2v) is 8.29. The Balaban J connectivity index is 1.59. The maximum atomic E-state index is 14.5. The van der Waals surface area contributed by atoms with Gasteiger partial charge in [-0.1, -0.05) is 30.3 Å². The van der Waals surface area contributed by atoms with E-state index >= 15 is 0 Å². The molecule has 3 N–H and O–H groups in total. The van der Waals surface area contributed by atoms with Gasteiger partial charge in [0.1, 0.15) is 11.6 Å². The molecule has 1 heterocycles. The van der Waals surface area contributed by atoms with Crippen LogP contribution in [0, 0.1) is 5.82 Å². The SMILES string of the molecule is COc1ccc(/C=C2/CCc3c2nc2ccccc2c3C(=O)Nc2cc(C(N)=O)ccc2F)cc1. The lowest BCUT2D eigenvalue weighted by Crippen LogP contribution is -2.18. The second-order valence-electron chi connectivity index (χ2n) is 8.29. The van der Waals surface area contributed by atoms with E-state index in [4.69, 9.17) is 15.5 Å². The number of aromatic nitrogens is 1. The van der Waals surface area contributed by atoms with E-state index in [1.807, 2.05) is 48.5 Å². The molecule has 5 rings (SSSR count). The summed E-state index contributed by atoms with van der Waals surface area (Å²) in [5.74, 6) is -1.05. The van der Waals surface area contributed by atoms with E-state index in [-0.39, 0.29) is 11.3 Å². The molecule has 7 heteroatoms. The molecule has 35 heavy (non-hydrogen) atoms. The smallest absolute Gasteiger partial charge is 0.256 e. The maximum absolute atomic E-state index is 14.5. The van der Waals surface area contributed by atoms with Crippen LogP contribution in [0.1, 0.15) is 44.0 Å². The van der Waals surface area contributed by atoms with Crippen molar-refractivity contribution < 1.29 is 18.7 Å². The van der Waals surface area contributed by atoms with E-state index in [2.05, 4.69) is 11.4 Å². The van der Waals surface area contributed by atoms with Crippen LogP contribution in [0.25, 0.3) is 22.6 Å². The lowest BCUT2D eigenvalue weighted by molar-refractivity contribution is 0.0996. The molecular formula is C28H22FN3O3. The summed E-state index contributed by atoms with van der Waals surface area (Å²) in [6.07, 6.45) is 3.41. The Morgan fingerprint density at radius 2 is 1.83 bits per heavy atom. The van der Waals surface area contributed by atoms with Crippen LogP contribution < -0.4 is 15.8 Å². The first-order chi connectivity index (χ1) is 16.9. The van der Waals surface area contributed by atoms with E-state index in [9.17, 15) is 14.0 Å². The Kier molecular flexibility index (Phi) is 5.74. The number of para-hydroxylation sites is 1. The van der Waals surface area contributed by atoms with Gasteiger partial charge in [-0.05, 0) is 72.0 Å². The molecule has 0 spiro atoms. The van der Waals surface area contributed by atoms with E-state index in [1.54, 1.807) is 7.11 Å². The molecule has 0 saturated carbocycles. The number of carbonyl (C=O) groups is 2. The van der Waals surface area contributed by atoms with Crippen molar-refractivity contribution in [2.75, 3.05) is 12.4 Å². The highest BCUT2D eigenvalue weighted by molar-refractivity contribution is 6.15. The number of methoxy groups -OCH3 is 1. The van der Waals surface area contributed by atoms with Crippen LogP contribution in [0.4, 0.5) is 10.1 Å². The number of anilines is 1. The van der Waals surface area contributed by atoms with E-state index in [1.165, 1.54) is 12.1 Å². The van der Waals surface area contributed by atoms with Crippen LogP contribution in [-0.2, 0) is 6.42 Å². The summed E-state index contributed by atoms with van der Waals surface area (Å²) < 4.78 is 19.7. The minimum absolute atomic E-state index is 0.104. The number of ether oxygens (including phenoxy) is 1. The van der Waals surface area contributed by atoms with Crippen molar-refractivity contribution >= 4 is 40.1 Å². The number of benzene rings is 3. The fourth-order valence-electron chi connectivity index (χ4n) is 4.40. The summed E-state index contributed by atoms with van der Waals surface area (Å²) in [6, 6.07) is 18.7. The predicted molar refractivity (Wildman–Crippen MR) is 134 cm³/mol. The average molecular weight is 468 g/mol. The first-order valence-electron chi connectivity index (χ1n) is 11.1. The van der Waals surface area contributed by atoms with Gasteiger partial charge in [0.2, 0.25) is 5.91 Å². The fourth-order valence-corrected chi connectivity index (χ4v) is 4.40. The number of rotatable bonds is 5. The highest BCUT2D eigenvalue weighted by Gasteiger charge is 2.27. The maximum Gasteiger partial charge on any atom is 0.256 e. The van der Waals surface area contributed by atoms with Crippen molar-refractivity contribution in [3.8, 4) is 5.75 Å². The topological polar surface area (TPSA) is 94.3 Å². The molecule has 0 atom stereocenters. The molecule has 1 aliphatic carbocycles. The number of hydrogen-bond acceptors (Lipinski definition) is 4. The van der Waals surface area contributed by atoms with Gasteiger partial charge in [-0.25, -0.2) is 9.37 Å². The van der Waals surface area contributed by atoms with Crippen molar-refractivity contribution in [3.63, 3.8) is 0 Å². The van der Waals surface area contributed by atoms with Gasteiger partial charge >= 0.3 is 0 Å². The number of nitrogens with two attached hydrogens (primary N) is 1. The molecule has 0 radical (unpaired) electrons. The first kappa shape index (κ1) is 22.3. The van der Waals surface area contributed by atoms with Crippen molar-refractivity contribution in [2.45, 2.75) is 12.8 Å². The number of nitrogens with zero attached hydrogens (tertiary/aromatic N) is 1. The molecule has 2 amide bonds. The third-order valence-corrected chi connectivity index (χ3v) is 6.12. The summed E-state index contributed by atoms with van der Waals surface area (Å²) >= 11 is 0. The van der Waals surface area contributed by atoms with Crippen LogP contribution in [0.5, 0.6) is 5.75 Å². The molecule has 0 fully saturated rings. The van der Waals surface area contributed by atoms with Gasteiger partial charge in [0, 0.05) is 10.9 Å². The van der Waals surface area contributed by atoms with Crippen LogP contribution in [-0.4, -0.2) is 23.9 Å². The number of primary amides is 1. The Morgan fingerprint density at radius 1 is 1.06 bits per heavy atom. The zero-order chi connectivity index (χ0) is 24.5. The minimum Gasteiger partial charge on any atom is -0.497 e. The molecule has 0 bridgehead atoms. The van der Waals surface area contributed by atoms with Gasteiger partial charge in [-0.15, -0.1) is 0 Å². The predicted octanol–water partition coefficient (Wildman–Crippen LogP) is 5.22. The van der Waals surface area contributed by atoms with Crippen LogP contribution in [0.2, 0.25) is 0 Å². The number of pyridine rings is 1. The lowest BCUT2D eigenvalue weighted by Gasteiger charge is -2.14. The van der Waals surface area contributed by atoms with Gasteiger partial charge in [0.15, 0.2) is 0 Å². The number of hydrogen-bond donors (Lipinski definition) is 2. The molecule has 1 aliphatic rings. The standard InChI is InChI=1S/C28H22FN3O3/c1-35-19-10-6-16(7-11-19)14-17-8-12-21-25(20-4-2-3-5-23(20)31-26(17)21)28(34)32-24-15-18(27(30)33)9-13-22(24)29/h2-7,9-11,13-15H,8,12H2,1H3,(H2,30,33)(H,32,34)/b17-14-. The number of nitrogens with one attached hydrogen (secondary N) is 1. The Morgan fingerprint density at radius 3 is 2.57 bits per heavy atom. The summed E-state index contributed by atoms with van der Waals surface area (Å²) in [4.78, 5) is 29.9.